The molecule has 0 aliphatic carbocycles. The van der Waals surface area contributed by atoms with E-state index >= 15 is 0 Å². The number of alkyl carbamates (subject to hydrolysis) is 1. The van der Waals surface area contributed by atoms with Crippen molar-refractivity contribution in [3.8, 4) is 0 Å². The lowest BCUT2D eigenvalue weighted by Gasteiger charge is -2.21. The van der Waals surface area contributed by atoms with Crippen LogP contribution in [0.25, 0.3) is 0 Å². The molecule has 9 nitrogen and oxygen atoms in total. The highest BCUT2D eigenvalue weighted by Crippen LogP contribution is 2.09. The van der Waals surface area contributed by atoms with Crippen molar-refractivity contribution in [2.24, 2.45) is 0 Å². The van der Waals surface area contributed by atoms with Crippen LogP contribution in [0.15, 0.2) is 0 Å². The van der Waals surface area contributed by atoms with Crippen LogP contribution in [-0.2, 0) is 19.1 Å². The molecule has 0 aromatic rings. The molecular formula is C15H27N3O6S. The first kappa shape index (κ1) is 23.0. The van der Waals surface area contributed by atoms with Crippen LogP contribution >= 0.6 is 11.8 Å². The first-order chi connectivity index (χ1) is 11.5. The van der Waals surface area contributed by atoms with Crippen molar-refractivity contribution in [3.63, 3.8) is 0 Å². The Bertz CT molecular complexity index is 478. The van der Waals surface area contributed by atoms with E-state index in [1.807, 2.05) is 0 Å². The van der Waals surface area contributed by atoms with E-state index in [-0.39, 0.29) is 24.0 Å². The van der Waals surface area contributed by atoms with Crippen LogP contribution in [0.2, 0.25) is 0 Å². The van der Waals surface area contributed by atoms with Gasteiger partial charge in [0.1, 0.15) is 11.6 Å². The molecule has 25 heavy (non-hydrogen) atoms. The first-order valence-corrected chi connectivity index (χ1v) is 8.98. The number of carboxylic acid groups (broad SMARTS) is 1. The zero-order valence-electron chi connectivity index (χ0n) is 15.0. The number of carbonyl (C=O) groups excluding carboxylic acids is 3. The van der Waals surface area contributed by atoms with E-state index in [2.05, 4.69) is 16.0 Å². The molecular weight excluding hydrogens is 350 g/mol. The van der Waals surface area contributed by atoms with Crippen molar-refractivity contribution in [1.82, 2.24) is 16.0 Å². The van der Waals surface area contributed by atoms with E-state index in [4.69, 9.17) is 9.84 Å². The molecule has 0 saturated heterocycles. The fourth-order valence-corrected chi connectivity index (χ4v) is 2.40. The fourth-order valence-electron chi connectivity index (χ4n) is 1.56. The van der Waals surface area contributed by atoms with Crippen molar-refractivity contribution < 1.29 is 29.0 Å². The highest BCUT2D eigenvalue weighted by atomic mass is 32.2. The zero-order chi connectivity index (χ0) is 19.5. The Morgan fingerprint density at radius 3 is 2.24 bits per heavy atom. The topological polar surface area (TPSA) is 134 Å². The number of ether oxygens (including phenoxy) is 1. The highest BCUT2D eigenvalue weighted by molar-refractivity contribution is 7.99. The van der Waals surface area contributed by atoms with Gasteiger partial charge in [0, 0.05) is 20.0 Å². The van der Waals surface area contributed by atoms with Gasteiger partial charge >= 0.3 is 12.1 Å². The minimum Gasteiger partial charge on any atom is -0.480 e. The van der Waals surface area contributed by atoms with Crippen LogP contribution in [0.5, 0.6) is 0 Å². The summed E-state index contributed by atoms with van der Waals surface area (Å²) in [6.45, 7) is 7.12. The van der Waals surface area contributed by atoms with Crippen molar-refractivity contribution in [2.45, 2.75) is 45.8 Å². The molecule has 144 valence electrons. The Hall–Kier alpha value is -1.97. The standard InChI is InChI=1S/C15H27N3O6S/c1-10(19)16-6-7-17-12(20)9-25-8-5-11(13(21)22)18-14(23)24-15(2,3)4/h11H,5-9H2,1-4H3,(H,16,19)(H,17,20)(H,18,23)(H,21,22). The van der Waals surface area contributed by atoms with Crippen LogP contribution in [0.4, 0.5) is 4.79 Å². The second-order valence-electron chi connectivity index (χ2n) is 6.21. The molecule has 0 aromatic carbocycles. The fraction of sp³-hybridized carbons (Fsp3) is 0.733. The molecule has 0 spiro atoms. The summed E-state index contributed by atoms with van der Waals surface area (Å²) in [6.07, 6.45) is -0.626. The Morgan fingerprint density at radius 2 is 1.72 bits per heavy atom. The molecule has 4 N–H and O–H groups in total. The molecule has 1 atom stereocenters. The van der Waals surface area contributed by atoms with Crippen LogP contribution < -0.4 is 16.0 Å². The van der Waals surface area contributed by atoms with Gasteiger partial charge in [-0.05, 0) is 32.9 Å². The van der Waals surface area contributed by atoms with E-state index in [0.29, 0.717) is 18.8 Å². The van der Waals surface area contributed by atoms with Crippen molar-refractivity contribution in [1.29, 1.82) is 0 Å². The number of nitrogens with one attached hydrogen (secondary N) is 3. The Morgan fingerprint density at radius 1 is 1.12 bits per heavy atom. The van der Waals surface area contributed by atoms with E-state index in [1.54, 1.807) is 20.8 Å². The summed E-state index contributed by atoms with van der Waals surface area (Å²) in [5.74, 6) is -0.987. The van der Waals surface area contributed by atoms with Crippen LogP contribution in [0.3, 0.4) is 0 Å². The Balaban J connectivity index is 4.00. The van der Waals surface area contributed by atoms with Crippen molar-refractivity contribution in [2.75, 3.05) is 24.6 Å². The van der Waals surface area contributed by atoms with E-state index in [1.165, 1.54) is 18.7 Å². The van der Waals surface area contributed by atoms with E-state index < -0.39 is 23.7 Å². The van der Waals surface area contributed by atoms with Gasteiger partial charge in [-0.15, -0.1) is 0 Å². The highest BCUT2D eigenvalue weighted by Gasteiger charge is 2.23. The summed E-state index contributed by atoms with van der Waals surface area (Å²) in [4.78, 5) is 45.0. The summed E-state index contributed by atoms with van der Waals surface area (Å²) in [6, 6.07) is -1.08. The summed E-state index contributed by atoms with van der Waals surface area (Å²) < 4.78 is 5.02. The maximum Gasteiger partial charge on any atom is 0.408 e. The number of amides is 3. The third kappa shape index (κ3) is 14.1. The van der Waals surface area contributed by atoms with Crippen molar-refractivity contribution in [3.05, 3.63) is 0 Å². The third-order valence-electron chi connectivity index (χ3n) is 2.59. The predicted octanol–water partition coefficient (Wildman–Crippen LogP) is 0.340. The number of hydrogen-bond acceptors (Lipinski definition) is 6. The quantitative estimate of drug-likeness (QED) is 0.403. The predicted molar refractivity (Wildman–Crippen MR) is 94.4 cm³/mol. The molecule has 0 heterocycles. The smallest absolute Gasteiger partial charge is 0.408 e. The summed E-state index contributed by atoms with van der Waals surface area (Å²) in [5.41, 5.74) is -0.711. The third-order valence-corrected chi connectivity index (χ3v) is 3.58. The lowest BCUT2D eigenvalue weighted by Crippen LogP contribution is -2.43. The molecule has 3 amide bonds. The monoisotopic (exact) mass is 377 g/mol. The van der Waals surface area contributed by atoms with Crippen molar-refractivity contribution >= 4 is 35.6 Å². The first-order valence-electron chi connectivity index (χ1n) is 7.82. The molecule has 0 bridgehead atoms. The van der Waals surface area contributed by atoms with Gasteiger partial charge in [-0.25, -0.2) is 9.59 Å². The molecule has 0 aliphatic rings. The lowest BCUT2D eigenvalue weighted by atomic mass is 10.2. The van der Waals surface area contributed by atoms with E-state index in [9.17, 15) is 19.2 Å². The molecule has 10 heteroatoms. The number of hydrogen-bond donors (Lipinski definition) is 4. The summed E-state index contributed by atoms with van der Waals surface area (Å²) in [5, 5.41) is 16.6. The molecule has 0 fully saturated rings. The van der Waals surface area contributed by atoms with Gasteiger partial charge in [0.15, 0.2) is 0 Å². The Kier molecular flexibility index (Phi) is 10.7. The maximum atomic E-state index is 11.6. The molecule has 1 unspecified atom stereocenters. The van der Waals surface area contributed by atoms with Gasteiger partial charge in [0.05, 0.1) is 5.75 Å². The molecule has 0 aromatic heterocycles. The van der Waals surface area contributed by atoms with Gasteiger partial charge in [-0.3, -0.25) is 9.59 Å². The average molecular weight is 377 g/mol. The number of carbonyl (C=O) groups is 4. The minimum atomic E-state index is -1.16. The van der Waals surface area contributed by atoms with Gasteiger partial charge in [-0.1, -0.05) is 0 Å². The maximum absolute atomic E-state index is 11.6. The van der Waals surface area contributed by atoms with Crippen LogP contribution in [0.1, 0.15) is 34.1 Å². The minimum absolute atomic E-state index is 0.165. The Labute approximate surface area is 151 Å². The summed E-state index contributed by atoms with van der Waals surface area (Å²) >= 11 is 1.26. The second kappa shape index (κ2) is 11.6. The van der Waals surface area contributed by atoms with Gasteiger partial charge < -0.3 is 25.8 Å². The van der Waals surface area contributed by atoms with Gasteiger partial charge in [-0.2, -0.15) is 11.8 Å². The molecule has 0 rings (SSSR count). The molecule has 0 aliphatic heterocycles. The van der Waals surface area contributed by atoms with Crippen LogP contribution in [-0.4, -0.2) is 65.2 Å². The summed E-state index contributed by atoms with van der Waals surface area (Å²) in [7, 11) is 0. The normalized spacial score (nSPS) is 12.0. The SMILES string of the molecule is CC(=O)NCCNC(=O)CSCCC(NC(=O)OC(C)(C)C)C(=O)O. The van der Waals surface area contributed by atoms with Gasteiger partial charge in [0.2, 0.25) is 11.8 Å². The number of thioether (sulfide) groups is 1. The van der Waals surface area contributed by atoms with E-state index in [0.717, 1.165) is 0 Å². The molecule has 0 radical (unpaired) electrons. The zero-order valence-corrected chi connectivity index (χ0v) is 15.8. The van der Waals surface area contributed by atoms with Crippen LogP contribution in [0, 0.1) is 0 Å². The molecule has 0 saturated carbocycles. The largest absolute Gasteiger partial charge is 0.480 e. The average Bonchev–Trinajstić information content (AvgIpc) is 2.44. The number of carboxylic acids is 1. The lowest BCUT2D eigenvalue weighted by molar-refractivity contribution is -0.139. The second-order valence-corrected chi connectivity index (χ2v) is 7.32. The number of aliphatic carboxylic acids is 1. The van der Waals surface area contributed by atoms with Gasteiger partial charge in [0.25, 0.3) is 0 Å². The number of rotatable bonds is 10.